The van der Waals surface area contributed by atoms with Crippen LogP contribution in [-0.2, 0) is 4.79 Å². The number of urea groups is 1. The summed E-state index contributed by atoms with van der Waals surface area (Å²) in [4.78, 5) is 22.9. The number of imide groups is 1. The number of carbonyl (C=O) groups excluding carboxylic acids is 2. The van der Waals surface area contributed by atoms with Crippen molar-refractivity contribution in [3.63, 3.8) is 0 Å². The zero-order chi connectivity index (χ0) is 17.7. The Morgan fingerprint density at radius 3 is 2.58 bits per heavy atom. The number of para-hydroxylation sites is 1. The summed E-state index contributed by atoms with van der Waals surface area (Å²) in [6, 6.07) is 7.01. The summed E-state index contributed by atoms with van der Waals surface area (Å²) in [6.45, 7) is 5.79. The molecule has 1 heterocycles. The fourth-order valence-corrected chi connectivity index (χ4v) is 3.90. The van der Waals surface area contributed by atoms with Crippen molar-refractivity contribution in [2.45, 2.75) is 30.4 Å². The predicted octanol–water partition coefficient (Wildman–Crippen LogP) is 2.90. The van der Waals surface area contributed by atoms with Crippen molar-refractivity contribution < 1.29 is 9.59 Å². The average Bonchev–Trinajstić information content (AvgIpc) is 2.93. The topological polar surface area (TPSA) is 110 Å². The Morgan fingerprint density at radius 2 is 1.96 bits per heavy atom. The molecule has 0 aliphatic carbocycles. The van der Waals surface area contributed by atoms with Crippen molar-refractivity contribution in [2.75, 3.05) is 5.32 Å². The zero-order valence-electron chi connectivity index (χ0n) is 13.6. The lowest BCUT2D eigenvalue weighted by Gasteiger charge is -2.16. The van der Waals surface area contributed by atoms with Crippen LogP contribution >= 0.6 is 23.1 Å². The van der Waals surface area contributed by atoms with Crippen LogP contribution in [0.1, 0.15) is 19.4 Å². The van der Waals surface area contributed by atoms with Crippen molar-refractivity contribution in [2.24, 2.45) is 11.7 Å². The summed E-state index contributed by atoms with van der Waals surface area (Å²) >= 11 is 2.62. The smallest absolute Gasteiger partial charge is 0.318 e. The average molecular weight is 365 g/mol. The second kappa shape index (κ2) is 8.11. The van der Waals surface area contributed by atoms with Gasteiger partial charge in [-0.3, -0.25) is 10.1 Å². The quantitative estimate of drug-likeness (QED) is 0.679. The van der Waals surface area contributed by atoms with E-state index in [9.17, 15) is 9.59 Å². The number of nitrogens with one attached hydrogen (secondary N) is 2. The molecular weight excluding hydrogens is 346 g/mol. The molecule has 0 bridgehead atoms. The predicted molar refractivity (Wildman–Crippen MR) is 96.6 cm³/mol. The molecule has 3 amide bonds. The van der Waals surface area contributed by atoms with Crippen LogP contribution in [0.15, 0.2) is 28.6 Å². The van der Waals surface area contributed by atoms with E-state index in [2.05, 4.69) is 20.8 Å². The van der Waals surface area contributed by atoms with Gasteiger partial charge in [0.1, 0.15) is 0 Å². The van der Waals surface area contributed by atoms with Gasteiger partial charge in [-0.2, -0.15) is 0 Å². The largest absolute Gasteiger partial charge is 0.351 e. The molecule has 0 saturated heterocycles. The van der Waals surface area contributed by atoms with Gasteiger partial charge < -0.3 is 11.1 Å². The molecule has 24 heavy (non-hydrogen) atoms. The van der Waals surface area contributed by atoms with Crippen molar-refractivity contribution in [3.05, 3.63) is 29.8 Å². The number of hydrogen-bond acceptors (Lipinski definition) is 7. The molecule has 4 N–H and O–H groups in total. The van der Waals surface area contributed by atoms with Crippen molar-refractivity contribution >= 4 is 45.9 Å². The van der Waals surface area contributed by atoms with Gasteiger partial charge in [-0.15, -0.1) is 10.2 Å². The van der Waals surface area contributed by atoms with Crippen molar-refractivity contribution in [3.8, 4) is 0 Å². The van der Waals surface area contributed by atoms with E-state index < -0.39 is 17.2 Å². The minimum Gasteiger partial charge on any atom is -0.351 e. The highest BCUT2D eigenvalue weighted by molar-refractivity contribution is 8.02. The summed E-state index contributed by atoms with van der Waals surface area (Å²) in [6.07, 6.45) is 0. The minimum atomic E-state index is -0.856. The molecule has 1 aromatic heterocycles. The van der Waals surface area contributed by atoms with Crippen molar-refractivity contribution in [1.82, 2.24) is 15.5 Å². The minimum absolute atomic E-state index is 0.00558. The Morgan fingerprint density at radius 1 is 1.25 bits per heavy atom. The number of aromatic nitrogens is 2. The van der Waals surface area contributed by atoms with E-state index >= 15 is 0 Å². The number of nitrogens with zero attached hydrogens (tertiary/aromatic N) is 2. The Kier molecular flexibility index (Phi) is 6.16. The molecule has 0 unspecified atom stereocenters. The first-order valence-electron chi connectivity index (χ1n) is 7.30. The van der Waals surface area contributed by atoms with Crippen molar-refractivity contribution in [1.29, 1.82) is 0 Å². The van der Waals surface area contributed by atoms with Gasteiger partial charge in [0.15, 0.2) is 4.34 Å². The second-order valence-corrected chi connectivity index (χ2v) is 7.82. The molecule has 2 aromatic rings. The fraction of sp³-hybridized carbons (Fsp3) is 0.333. The van der Waals surface area contributed by atoms with Gasteiger partial charge in [-0.1, -0.05) is 55.1 Å². The highest BCUT2D eigenvalue weighted by atomic mass is 32.2. The summed E-state index contributed by atoms with van der Waals surface area (Å²) in [5, 5.41) is 13.7. The van der Waals surface area contributed by atoms with Gasteiger partial charge >= 0.3 is 6.03 Å². The van der Waals surface area contributed by atoms with Crippen LogP contribution in [0.4, 0.5) is 15.6 Å². The van der Waals surface area contributed by atoms with E-state index in [1.165, 1.54) is 23.1 Å². The van der Waals surface area contributed by atoms with Gasteiger partial charge in [-0.05, 0) is 24.5 Å². The molecule has 0 radical (unpaired) electrons. The van der Waals surface area contributed by atoms with Crippen LogP contribution in [0.3, 0.4) is 0 Å². The number of aryl methyl sites for hydroxylation is 1. The normalized spacial score (nSPS) is 12.0. The summed E-state index contributed by atoms with van der Waals surface area (Å²) in [5.41, 5.74) is 7.07. The molecule has 1 atom stereocenters. The van der Waals surface area contributed by atoms with E-state index in [-0.39, 0.29) is 5.92 Å². The fourth-order valence-electron chi connectivity index (χ4n) is 1.93. The second-order valence-electron chi connectivity index (χ2n) is 5.45. The molecule has 9 heteroatoms. The van der Waals surface area contributed by atoms with E-state index in [0.717, 1.165) is 11.3 Å². The Hall–Kier alpha value is -2.13. The number of amides is 3. The standard InChI is InChI=1S/C15H19N5O2S2/c1-8(2)11(12(21)18-13(16)22)23-15-20-19-14(24-15)17-10-7-5-4-6-9(10)3/h4-8,11H,1-3H3,(H,17,19)(H3,16,18,21,22)/t11-/m0/s1. The van der Waals surface area contributed by atoms with Gasteiger partial charge in [0, 0.05) is 5.69 Å². The van der Waals surface area contributed by atoms with Crippen LogP contribution in [0.25, 0.3) is 0 Å². The number of anilines is 2. The maximum Gasteiger partial charge on any atom is 0.318 e. The Bertz CT molecular complexity index is 732. The van der Waals surface area contributed by atoms with Crippen LogP contribution in [0, 0.1) is 12.8 Å². The van der Waals surface area contributed by atoms with Gasteiger partial charge in [0.2, 0.25) is 11.0 Å². The molecule has 128 valence electrons. The lowest BCUT2D eigenvalue weighted by Crippen LogP contribution is -2.42. The van der Waals surface area contributed by atoms with Gasteiger partial charge in [-0.25, -0.2) is 4.79 Å². The molecule has 2 rings (SSSR count). The Labute approximate surface area is 148 Å². The number of carbonyl (C=O) groups is 2. The third kappa shape index (κ3) is 4.93. The molecular formula is C15H19N5O2S2. The SMILES string of the molecule is Cc1ccccc1Nc1nnc(S[C@H](C(=O)NC(N)=O)C(C)C)s1. The zero-order valence-corrected chi connectivity index (χ0v) is 15.2. The van der Waals surface area contributed by atoms with E-state index in [1.807, 2.05) is 45.0 Å². The van der Waals surface area contributed by atoms with Gasteiger partial charge in [0.05, 0.1) is 5.25 Å². The van der Waals surface area contributed by atoms with Crippen LogP contribution in [-0.4, -0.2) is 27.4 Å². The summed E-state index contributed by atoms with van der Waals surface area (Å²) in [5.74, 6) is -0.419. The van der Waals surface area contributed by atoms with Gasteiger partial charge in [0.25, 0.3) is 0 Å². The maximum atomic E-state index is 12.0. The number of hydrogen-bond donors (Lipinski definition) is 3. The van der Waals surface area contributed by atoms with Crippen LogP contribution in [0.2, 0.25) is 0 Å². The first-order valence-corrected chi connectivity index (χ1v) is 8.99. The molecule has 7 nitrogen and oxygen atoms in total. The molecule has 0 spiro atoms. The molecule has 0 aliphatic heterocycles. The van der Waals surface area contributed by atoms with E-state index in [4.69, 9.17) is 5.73 Å². The number of thioether (sulfide) groups is 1. The first-order chi connectivity index (χ1) is 11.4. The molecule has 0 fully saturated rings. The number of rotatable bonds is 6. The summed E-state index contributed by atoms with van der Waals surface area (Å²) < 4.78 is 0.643. The summed E-state index contributed by atoms with van der Waals surface area (Å²) in [7, 11) is 0. The lowest BCUT2D eigenvalue weighted by molar-refractivity contribution is -0.120. The maximum absolute atomic E-state index is 12.0. The van der Waals surface area contributed by atoms with E-state index in [0.29, 0.717) is 9.47 Å². The highest BCUT2D eigenvalue weighted by Crippen LogP contribution is 2.33. The molecule has 0 saturated carbocycles. The Balaban J connectivity index is 2.07. The monoisotopic (exact) mass is 365 g/mol. The first kappa shape index (κ1) is 18.2. The number of benzene rings is 1. The number of nitrogens with two attached hydrogens (primary N) is 1. The van der Waals surface area contributed by atoms with Crippen LogP contribution < -0.4 is 16.4 Å². The highest BCUT2D eigenvalue weighted by Gasteiger charge is 2.26. The third-order valence-corrected chi connectivity index (χ3v) is 5.60. The lowest BCUT2D eigenvalue weighted by atomic mass is 10.1. The van der Waals surface area contributed by atoms with Crippen LogP contribution in [0.5, 0.6) is 0 Å². The molecule has 1 aromatic carbocycles. The van der Waals surface area contributed by atoms with E-state index in [1.54, 1.807) is 0 Å². The third-order valence-electron chi connectivity index (χ3n) is 3.13. The molecule has 0 aliphatic rings. The number of primary amides is 1.